The van der Waals surface area contributed by atoms with Crippen LogP contribution >= 0.6 is 0 Å². The zero-order chi connectivity index (χ0) is 17.5. The molecule has 0 bridgehead atoms. The van der Waals surface area contributed by atoms with E-state index in [0.29, 0.717) is 18.0 Å². The first-order valence-corrected chi connectivity index (χ1v) is 9.63. The predicted molar refractivity (Wildman–Crippen MR) is 92.3 cm³/mol. The third-order valence-corrected chi connectivity index (χ3v) is 4.38. The van der Waals surface area contributed by atoms with Crippen molar-refractivity contribution >= 4 is 21.6 Å². The highest BCUT2D eigenvalue weighted by atomic mass is 32.2. The summed E-state index contributed by atoms with van der Waals surface area (Å²) < 4.78 is 30.8. The number of benzene rings is 1. The Bertz CT molecular complexity index is 616. The van der Waals surface area contributed by atoms with Gasteiger partial charge in [0, 0.05) is 6.04 Å². The molecule has 0 aliphatic carbocycles. The van der Waals surface area contributed by atoms with Gasteiger partial charge in [-0.1, -0.05) is 25.5 Å². The van der Waals surface area contributed by atoms with E-state index in [4.69, 9.17) is 4.74 Å². The van der Waals surface area contributed by atoms with Gasteiger partial charge in [-0.25, -0.2) is 8.42 Å². The first-order chi connectivity index (χ1) is 10.8. The summed E-state index contributed by atoms with van der Waals surface area (Å²) >= 11 is 0. The van der Waals surface area contributed by atoms with Crippen LogP contribution in [0.2, 0.25) is 0 Å². The Morgan fingerprint density at radius 3 is 2.52 bits per heavy atom. The summed E-state index contributed by atoms with van der Waals surface area (Å²) in [5, 5.41) is 2.82. The van der Waals surface area contributed by atoms with Gasteiger partial charge in [-0.3, -0.25) is 9.10 Å². The van der Waals surface area contributed by atoms with Crippen LogP contribution in [0.4, 0.5) is 5.69 Å². The third kappa shape index (κ3) is 6.09. The molecule has 1 atom stereocenters. The molecule has 0 saturated carbocycles. The second kappa shape index (κ2) is 8.76. The van der Waals surface area contributed by atoms with Crippen LogP contribution in [0.15, 0.2) is 24.3 Å². The van der Waals surface area contributed by atoms with Crippen LogP contribution in [0.25, 0.3) is 0 Å². The molecule has 1 unspecified atom stereocenters. The largest absolute Gasteiger partial charge is 0.492 e. The van der Waals surface area contributed by atoms with Crippen molar-refractivity contribution in [1.82, 2.24) is 5.32 Å². The van der Waals surface area contributed by atoms with E-state index < -0.39 is 10.0 Å². The minimum atomic E-state index is -3.61. The topological polar surface area (TPSA) is 75.7 Å². The molecule has 7 heteroatoms. The lowest BCUT2D eigenvalue weighted by molar-refractivity contribution is -0.120. The van der Waals surface area contributed by atoms with E-state index in [2.05, 4.69) is 5.32 Å². The van der Waals surface area contributed by atoms with Crippen molar-refractivity contribution in [2.45, 2.75) is 39.7 Å². The Kier molecular flexibility index (Phi) is 7.35. The molecule has 1 aromatic rings. The van der Waals surface area contributed by atoms with E-state index in [-0.39, 0.29) is 18.5 Å². The Morgan fingerprint density at radius 2 is 1.96 bits per heavy atom. The van der Waals surface area contributed by atoms with Gasteiger partial charge in [0.05, 0.1) is 18.6 Å². The fourth-order valence-corrected chi connectivity index (χ4v) is 3.14. The molecule has 0 spiro atoms. The summed E-state index contributed by atoms with van der Waals surface area (Å²) in [7, 11) is -3.61. The highest BCUT2D eigenvalue weighted by Crippen LogP contribution is 2.29. The van der Waals surface area contributed by atoms with Crippen molar-refractivity contribution in [3.8, 4) is 5.75 Å². The molecule has 130 valence electrons. The van der Waals surface area contributed by atoms with Crippen molar-refractivity contribution in [1.29, 1.82) is 0 Å². The monoisotopic (exact) mass is 342 g/mol. The van der Waals surface area contributed by atoms with Crippen LogP contribution in [-0.4, -0.2) is 39.8 Å². The number of sulfonamides is 1. The van der Waals surface area contributed by atoms with Crippen LogP contribution in [0, 0.1) is 0 Å². The number of amides is 1. The van der Waals surface area contributed by atoms with Gasteiger partial charge >= 0.3 is 0 Å². The first kappa shape index (κ1) is 19.3. The predicted octanol–water partition coefficient (Wildman–Crippen LogP) is 2.16. The second-order valence-electron chi connectivity index (χ2n) is 5.43. The molecule has 6 nitrogen and oxygen atoms in total. The molecule has 1 aromatic carbocycles. The van der Waals surface area contributed by atoms with Crippen LogP contribution < -0.4 is 14.4 Å². The molecule has 0 aliphatic rings. The fourth-order valence-electron chi connectivity index (χ4n) is 2.28. The standard InChI is InChI=1S/C16H26N2O4S/c1-5-9-13(3)17-16(19)12-18(23(4,20)21)14-10-7-8-11-15(14)22-6-2/h7-8,10-11,13H,5-6,9,12H2,1-4H3,(H,17,19). The van der Waals surface area contributed by atoms with Gasteiger partial charge in [0.25, 0.3) is 0 Å². The van der Waals surface area contributed by atoms with Crippen LogP contribution in [0.5, 0.6) is 5.75 Å². The van der Waals surface area contributed by atoms with Crippen molar-refractivity contribution in [3.05, 3.63) is 24.3 Å². The van der Waals surface area contributed by atoms with Crippen LogP contribution in [-0.2, 0) is 14.8 Å². The maximum absolute atomic E-state index is 12.2. The Balaban J connectivity index is 3.01. The number of nitrogens with zero attached hydrogens (tertiary/aromatic N) is 1. The molecule has 0 saturated heterocycles. The Morgan fingerprint density at radius 1 is 1.30 bits per heavy atom. The number of ether oxygens (including phenoxy) is 1. The van der Waals surface area contributed by atoms with Gasteiger partial charge < -0.3 is 10.1 Å². The minimum absolute atomic E-state index is 0.0102. The second-order valence-corrected chi connectivity index (χ2v) is 7.33. The van der Waals surface area contributed by atoms with Gasteiger partial charge in [-0.2, -0.15) is 0 Å². The van der Waals surface area contributed by atoms with E-state index >= 15 is 0 Å². The molecule has 0 heterocycles. The molecular weight excluding hydrogens is 316 g/mol. The molecular formula is C16H26N2O4S. The van der Waals surface area contributed by atoms with Gasteiger partial charge in [0.1, 0.15) is 12.3 Å². The van der Waals surface area contributed by atoms with Gasteiger partial charge in [-0.05, 0) is 32.4 Å². The van der Waals surface area contributed by atoms with Crippen LogP contribution in [0.1, 0.15) is 33.6 Å². The Hall–Kier alpha value is -1.76. The molecule has 0 aromatic heterocycles. The highest BCUT2D eigenvalue weighted by molar-refractivity contribution is 7.92. The molecule has 0 aliphatic heterocycles. The van der Waals surface area contributed by atoms with Crippen molar-refractivity contribution < 1.29 is 17.9 Å². The maximum atomic E-state index is 12.2. The highest BCUT2D eigenvalue weighted by Gasteiger charge is 2.24. The van der Waals surface area contributed by atoms with Crippen molar-refractivity contribution in [2.24, 2.45) is 0 Å². The number of carbonyl (C=O) groups excluding carboxylic acids is 1. The smallest absolute Gasteiger partial charge is 0.240 e. The normalized spacial score (nSPS) is 12.5. The molecule has 0 fully saturated rings. The lowest BCUT2D eigenvalue weighted by Gasteiger charge is -2.25. The van der Waals surface area contributed by atoms with E-state index in [0.717, 1.165) is 23.4 Å². The van der Waals surface area contributed by atoms with Gasteiger partial charge in [-0.15, -0.1) is 0 Å². The number of nitrogens with one attached hydrogen (secondary N) is 1. The lowest BCUT2D eigenvalue weighted by Crippen LogP contribution is -2.43. The number of anilines is 1. The summed E-state index contributed by atoms with van der Waals surface area (Å²) in [5.41, 5.74) is 0.371. The van der Waals surface area contributed by atoms with Crippen molar-refractivity contribution in [3.63, 3.8) is 0 Å². The fraction of sp³-hybridized carbons (Fsp3) is 0.562. The summed E-state index contributed by atoms with van der Waals surface area (Å²) in [5.74, 6) is 0.109. The minimum Gasteiger partial charge on any atom is -0.492 e. The van der Waals surface area contributed by atoms with E-state index in [1.807, 2.05) is 20.8 Å². The molecule has 23 heavy (non-hydrogen) atoms. The number of carbonyl (C=O) groups is 1. The van der Waals surface area contributed by atoms with E-state index in [1.54, 1.807) is 24.3 Å². The summed E-state index contributed by atoms with van der Waals surface area (Å²) in [6, 6.07) is 6.81. The van der Waals surface area contributed by atoms with Crippen LogP contribution in [0.3, 0.4) is 0 Å². The van der Waals surface area contributed by atoms with E-state index in [1.165, 1.54) is 0 Å². The van der Waals surface area contributed by atoms with Gasteiger partial charge in [0.2, 0.25) is 15.9 Å². The SMILES string of the molecule is CCCC(C)NC(=O)CN(c1ccccc1OCC)S(C)(=O)=O. The summed E-state index contributed by atoms with van der Waals surface area (Å²) in [6.07, 6.45) is 2.88. The lowest BCUT2D eigenvalue weighted by atomic mass is 10.2. The van der Waals surface area contributed by atoms with Gasteiger partial charge in [0.15, 0.2) is 0 Å². The average Bonchev–Trinajstić information content (AvgIpc) is 2.45. The molecule has 1 N–H and O–H groups in total. The molecule has 0 radical (unpaired) electrons. The van der Waals surface area contributed by atoms with Crippen molar-refractivity contribution in [2.75, 3.05) is 23.7 Å². The Labute approximate surface area is 138 Å². The zero-order valence-corrected chi connectivity index (χ0v) is 15.0. The molecule has 1 amide bonds. The summed E-state index contributed by atoms with van der Waals surface area (Å²) in [4.78, 5) is 12.2. The maximum Gasteiger partial charge on any atom is 0.240 e. The third-order valence-electron chi connectivity index (χ3n) is 3.25. The number of hydrogen-bond donors (Lipinski definition) is 1. The number of rotatable bonds is 9. The average molecular weight is 342 g/mol. The quantitative estimate of drug-likeness (QED) is 0.746. The van der Waals surface area contributed by atoms with E-state index in [9.17, 15) is 13.2 Å². The zero-order valence-electron chi connectivity index (χ0n) is 14.2. The molecule has 1 rings (SSSR count). The number of para-hydroxylation sites is 2. The number of hydrogen-bond acceptors (Lipinski definition) is 4. The summed E-state index contributed by atoms with van der Waals surface area (Å²) in [6.45, 7) is 5.90. The first-order valence-electron chi connectivity index (χ1n) is 7.78.